The zero-order valence-electron chi connectivity index (χ0n) is 12.1. The molecule has 1 amide bonds. The van der Waals surface area contributed by atoms with E-state index in [-0.39, 0.29) is 5.56 Å². The van der Waals surface area contributed by atoms with Gasteiger partial charge in [0.05, 0.1) is 5.56 Å². The van der Waals surface area contributed by atoms with Crippen molar-refractivity contribution in [2.45, 2.75) is 6.92 Å². The number of aromatic amines is 1. The number of halogens is 2. The second kappa shape index (κ2) is 6.18. The third kappa shape index (κ3) is 3.37. The number of benzene rings is 2. The number of anilines is 1. The van der Waals surface area contributed by atoms with Crippen molar-refractivity contribution in [1.82, 2.24) is 15.2 Å². The highest BCUT2D eigenvalue weighted by Gasteiger charge is 2.13. The molecule has 3 rings (SSSR count). The molecule has 1 aromatic heterocycles. The van der Waals surface area contributed by atoms with Crippen LogP contribution in [0.1, 0.15) is 16.2 Å². The molecule has 1 heterocycles. The molecule has 0 bridgehead atoms. The molecule has 0 fully saturated rings. The van der Waals surface area contributed by atoms with Crippen LogP contribution in [0.25, 0.3) is 11.4 Å². The van der Waals surface area contributed by atoms with Crippen molar-refractivity contribution < 1.29 is 9.18 Å². The lowest BCUT2D eigenvalue weighted by Crippen LogP contribution is -2.13. The van der Waals surface area contributed by atoms with Crippen LogP contribution in [0, 0.1) is 12.7 Å². The number of aryl methyl sites for hydroxylation is 1. The molecule has 0 atom stereocenters. The van der Waals surface area contributed by atoms with Crippen molar-refractivity contribution >= 4 is 23.2 Å². The maximum atomic E-state index is 13.7. The quantitative estimate of drug-likeness (QED) is 0.766. The number of nitrogens with zero attached hydrogens (tertiary/aromatic N) is 2. The van der Waals surface area contributed by atoms with Gasteiger partial charge in [-0.05, 0) is 49.4 Å². The molecule has 0 aliphatic heterocycles. The van der Waals surface area contributed by atoms with E-state index in [9.17, 15) is 9.18 Å². The predicted octanol–water partition coefficient (Wildman–Crippen LogP) is 3.82. The summed E-state index contributed by atoms with van der Waals surface area (Å²) in [6, 6.07) is 10.8. The normalized spacial score (nSPS) is 10.6. The number of carbonyl (C=O) groups excluding carboxylic acids is 1. The van der Waals surface area contributed by atoms with E-state index in [2.05, 4.69) is 20.5 Å². The molecule has 23 heavy (non-hydrogen) atoms. The summed E-state index contributed by atoms with van der Waals surface area (Å²) in [7, 11) is 0. The third-order valence-electron chi connectivity index (χ3n) is 3.17. The van der Waals surface area contributed by atoms with Crippen molar-refractivity contribution in [2.24, 2.45) is 0 Å². The van der Waals surface area contributed by atoms with Crippen LogP contribution in [0.3, 0.4) is 0 Å². The molecule has 0 saturated carbocycles. The first-order valence-electron chi connectivity index (χ1n) is 6.79. The van der Waals surface area contributed by atoms with Gasteiger partial charge < -0.3 is 5.32 Å². The average Bonchev–Trinajstić information content (AvgIpc) is 2.97. The van der Waals surface area contributed by atoms with E-state index in [1.165, 1.54) is 12.1 Å². The van der Waals surface area contributed by atoms with Gasteiger partial charge in [0.25, 0.3) is 5.91 Å². The maximum Gasteiger partial charge on any atom is 0.258 e. The molecule has 0 unspecified atom stereocenters. The van der Waals surface area contributed by atoms with Crippen LogP contribution in [0.2, 0.25) is 5.02 Å². The molecule has 5 nitrogen and oxygen atoms in total. The summed E-state index contributed by atoms with van der Waals surface area (Å²) in [5.41, 5.74) is 1.23. The molecule has 0 aliphatic rings. The molecule has 2 aromatic carbocycles. The molecule has 0 spiro atoms. The van der Waals surface area contributed by atoms with Gasteiger partial charge >= 0.3 is 0 Å². The minimum atomic E-state index is -0.625. The maximum absolute atomic E-state index is 13.7. The Morgan fingerprint density at radius 1 is 1.22 bits per heavy atom. The van der Waals surface area contributed by atoms with Crippen molar-refractivity contribution in [3.63, 3.8) is 0 Å². The van der Waals surface area contributed by atoms with Gasteiger partial charge in [-0.3, -0.25) is 9.89 Å². The van der Waals surface area contributed by atoms with Crippen molar-refractivity contribution in [3.8, 4) is 11.4 Å². The molecular formula is C16H12ClFN4O. The van der Waals surface area contributed by atoms with Gasteiger partial charge in [0.15, 0.2) is 5.82 Å². The summed E-state index contributed by atoms with van der Waals surface area (Å²) in [4.78, 5) is 16.3. The van der Waals surface area contributed by atoms with Crippen LogP contribution in [-0.2, 0) is 0 Å². The highest BCUT2D eigenvalue weighted by Crippen LogP contribution is 2.20. The molecule has 7 heteroatoms. The van der Waals surface area contributed by atoms with Crippen LogP contribution in [0.15, 0.2) is 42.5 Å². The number of rotatable bonds is 3. The summed E-state index contributed by atoms with van der Waals surface area (Å²) in [5, 5.41) is 9.74. The van der Waals surface area contributed by atoms with E-state index in [0.717, 1.165) is 11.6 Å². The van der Waals surface area contributed by atoms with Crippen molar-refractivity contribution in [2.75, 3.05) is 5.32 Å². The number of H-pyrrole nitrogens is 1. The Morgan fingerprint density at radius 3 is 2.61 bits per heavy atom. The SMILES string of the molecule is Cc1nc(-c2ccc(NC(=O)c3cc(Cl)ccc3F)cc2)n[nH]1. The first-order valence-corrected chi connectivity index (χ1v) is 7.16. The van der Waals surface area contributed by atoms with Crippen LogP contribution in [0.5, 0.6) is 0 Å². The van der Waals surface area contributed by atoms with Gasteiger partial charge in [0.1, 0.15) is 11.6 Å². The molecular weight excluding hydrogens is 319 g/mol. The van der Waals surface area contributed by atoms with Crippen LogP contribution < -0.4 is 5.32 Å². The number of nitrogens with one attached hydrogen (secondary N) is 2. The number of carbonyl (C=O) groups is 1. The second-order valence-electron chi connectivity index (χ2n) is 4.90. The fraction of sp³-hybridized carbons (Fsp3) is 0.0625. The van der Waals surface area contributed by atoms with Crippen molar-refractivity contribution in [3.05, 3.63) is 64.7 Å². The molecule has 0 aliphatic carbocycles. The predicted molar refractivity (Wildman–Crippen MR) is 85.9 cm³/mol. The van der Waals surface area contributed by atoms with E-state index in [0.29, 0.717) is 22.4 Å². The number of hydrogen-bond donors (Lipinski definition) is 2. The van der Waals surface area contributed by atoms with Gasteiger partial charge in [-0.25, -0.2) is 9.37 Å². The first kappa shape index (κ1) is 15.2. The highest BCUT2D eigenvalue weighted by molar-refractivity contribution is 6.31. The second-order valence-corrected chi connectivity index (χ2v) is 5.34. The summed E-state index contributed by atoms with van der Waals surface area (Å²) in [6.45, 7) is 1.81. The summed E-state index contributed by atoms with van der Waals surface area (Å²) >= 11 is 5.79. The number of aromatic nitrogens is 3. The van der Waals surface area contributed by atoms with E-state index < -0.39 is 11.7 Å². The zero-order chi connectivity index (χ0) is 16.4. The van der Waals surface area contributed by atoms with Crippen LogP contribution >= 0.6 is 11.6 Å². The monoisotopic (exact) mass is 330 g/mol. The average molecular weight is 331 g/mol. The number of hydrogen-bond acceptors (Lipinski definition) is 3. The first-order chi connectivity index (χ1) is 11.0. The van der Waals surface area contributed by atoms with Crippen LogP contribution in [0.4, 0.5) is 10.1 Å². The van der Waals surface area contributed by atoms with Gasteiger partial charge in [-0.2, -0.15) is 5.10 Å². The minimum Gasteiger partial charge on any atom is -0.322 e. The smallest absolute Gasteiger partial charge is 0.258 e. The minimum absolute atomic E-state index is 0.105. The lowest BCUT2D eigenvalue weighted by atomic mass is 10.1. The molecule has 3 aromatic rings. The Morgan fingerprint density at radius 2 is 1.96 bits per heavy atom. The summed E-state index contributed by atoms with van der Waals surface area (Å²) < 4.78 is 13.7. The molecule has 116 valence electrons. The van der Waals surface area contributed by atoms with Crippen molar-refractivity contribution in [1.29, 1.82) is 0 Å². The van der Waals surface area contributed by atoms with Gasteiger partial charge in [-0.15, -0.1) is 0 Å². The molecule has 0 saturated heterocycles. The fourth-order valence-corrected chi connectivity index (χ4v) is 2.22. The third-order valence-corrected chi connectivity index (χ3v) is 3.41. The Hall–Kier alpha value is -2.73. The molecule has 0 radical (unpaired) electrons. The van der Waals surface area contributed by atoms with E-state index in [4.69, 9.17) is 11.6 Å². The molecule has 2 N–H and O–H groups in total. The van der Waals surface area contributed by atoms with Gasteiger partial charge in [0.2, 0.25) is 0 Å². The van der Waals surface area contributed by atoms with E-state index in [1.54, 1.807) is 24.3 Å². The van der Waals surface area contributed by atoms with Crippen LogP contribution in [-0.4, -0.2) is 21.1 Å². The Bertz CT molecular complexity index is 861. The standard InChI is InChI=1S/C16H12ClFN4O/c1-9-19-15(22-21-9)10-2-5-12(6-3-10)20-16(23)13-8-11(17)4-7-14(13)18/h2-8H,1H3,(H,20,23)(H,19,21,22). The Kier molecular flexibility index (Phi) is 4.08. The number of amides is 1. The largest absolute Gasteiger partial charge is 0.322 e. The zero-order valence-corrected chi connectivity index (χ0v) is 12.9. The van der Waals surface area contributed by atoms with Gasteiger partial charge in [-0.1, -0.05) is 11.6 Å². The fourth-order valence-electron chi connectivity index (χ4n) is 2.04. The highest BCUT2D eigenvalue weighted by atomic mass is 35.5. The Labute approximate surface area is 136 Å². The summed E-state index contributed by atoms with van der Waals surface area (Å²) in [5.74, 6) is 0.0984. The topological polar surface area (TPSA) is 70.7 Å². The van der Waals surface area contributed by atoms with E-state index >= 15 is 0 Å². The Balaban J connectivity index is 1.78. The lowest BCUT2D eigenvalue weighted by Gasteiger charge is -2.07. The summed E-state index contributed by atoms with van der Waals surface area (Å²) in [6.07, 6.45) is 0. The lowest BCUT2D eigenvalue weighted by molar-refractivity contribution is 0.102. The van der Waals surface area contributed by atoms with E-state index in [1.807, 2.05) is 6.92 Å². The van der Waals surface area contributed by atoms with Gasteiger partial charge in [0, 0.05) is 16.3 Å².